The molecule has 6 aliphatic rings. The van der Waals surface area contributed by atoms with Gasteiger partial charge in [-0.25, -0.2) is 13.2 Å². The number of hydrogen-bond acceptors (Lipinski definition) is 6. The maximum atomic E-state index is 12.1. The number of ether oxygens (including phenoxy) is 1. The molecule has 51 heavy (non-hydrogen) atoms. The highest BCUT2D eigenvalue weighted by Crippen LogP contribution is 2.76. The van der Waals surface area contributed by atoms with Crippen LogP contribution < -0.4 is 5.32 Å². The Morgan fingerprint density at radius 2 is 1.65 bits per heavy atom. The van der Waals surface area contributed by atoms with Crippen LogP contribution in [0, 0.1) is 57.2 Å². The summed E-state index contributed by atoms with van der Waals surface area (Å²) in [6.45, 7) is 19.5. The molecule has 1 aromatic rings. The van der Waals surface area contributed by atoms with E-state index in [2.05, 4.69) is 57.8 Å². The molecule has 0 bridgehead atoms. The molecule has 4 saturated carbocycles. The van der Waals surface area contributed by atoms with Gasteiger partial charge < -0.3 is 20.1 Å². The first-order valence-corrected chi connectivity index (χ1v) is 22.0. The normalized spacial score (nSPS) is 42.1. The Labute approximate surface area is 308 Å². The van der Waals surface area contributed by atoms with Crippen molar-refractivity contribution < 1.29 is 23.1 Å². The summed E-state index contributed by atoms with van der Waals surface area (Å²) in [5.74, 6) is 3.48. The number of allylic oxidation sites excluding steroid dienone is 2. The van der Waals surface area contributed by atoms with E-state index in [4.69, 9.17) is 4.74 Å². The second kappa shape index (κ2) is 13.2. The van der Waals surface area contributed by atoms with E-state index < -0.39 is 15.8 Å². The minimum Gasteiger partial charge on any atom is -0.478 e. The van der Waals surface area contributed by atoms with Gasteiger partial charge in [-0.2, -0.15) is 0 Å². The van der Waals surface area contributed by atoms with Crippen LogP contribution in [0.5, 0.6) is 0 Å². The highest BCUT2D eigenvalue weighted by Gasteiger charge is 2.70. The maximum Gasteiger partial charge on any atom is 0.335 e. The Morgan fingerprint density at radius 1 is 0.941 bits per heavy atom. The summed E-state index contributed by atoms with van der Waals surface area (Å²) in [5.41, 5.74) is 3.86. The molecule has 0 spiro atoms. The molecule has 1 unspecified atom stereocenters. The summed E-state index contributed by atoms with van der Waals surface area (Å²) >= 11 is 0. The Morgan fingerprint density at radius 3 is 2.31 bits per heavy atom. The van der Waals surface area contributed by atoms with Crippen LogP contribution in [0.3, 0.4) is 0 Å². The molecular weight excluding hydrogens is 657 g/mol. The lowest BCUT2D eigenvalue weighted by Gasteiger charge is -2.72. The summed E-state index contributed by atoms with van der Waals surface area (Å²) < 4.78 is 30.0. The van der Waals surface area contributed by atoms with E-state index >= 15 is 0 Å². The number of rotatable bonds is 9. The minimum atomic E-state index is -2.87. The zero-order valence-electron chi connectivity index (χ0n) is 32.6. The Kier molecular flexibility index (Phi) is 9.75. The van der Waals surface area contributed by atoms with Gasteiger partial charge in [0.1, 0.15) is 0 Å². The maximum absolute atomic E-state index is 12.1. The van der Waals surface area contributed by atoms with Crippen LogP contribution in [-0.4, -0.2) is 81.3 Å². The quantitative estimate of drug-likeness (QED) is 0.269. The van der Waals surface area contributed by atoms with E-state index in [9.17, 15) is 18.3 Å². The molecule has 0 amide bonds. The first-order chi connectivity index (χ1) is 24.0. The Bertz CT molecular complexity index is 1610. The van der Waals surface area contributed by atoms with Crippen molar-refractivity contribution in [2.45, 2.75) is 105 Å². The Balaban J connectivity index is 1.16. The molecule has 1 heterocycles. The molecule has 8 heteroatoms. The number of nitrogens with zero attached hydrogens (tertiary/aromatic N) is 1. The van der Waals surface area contributed by atoms with Crippen molar-refractivity contribution >= 4 is 21.4 Å². The predicted molar refractivity (Wildman–Crippen MR) is 205 cm³/mol. The number of aromatic carboxylic acids is 1. The molecule has 0 radical (unpaired) electrons. The lowest BCUT2D eigenvalue weighted by Crippen LogP contribution is -2.68. The fourth-order valence-corrected chi connectivity index (χ4v) is 15.6. The van der Waals surface area contributed by atoms with E-state index in [1.807, 2.05) is 19.2 Å². The van der Waals surface area contributed by atoms with Gasteiger partial charge in [0, 0.05) is 45.4 Å². The second-order valence-corrected chi connectivity index (χ2v) is 21.6. The van der Waals surface area contributed by atoms with Gasteiger partial charge in [-0.15, -0.1) is 0 Å². The zero-order chi connectivity index (χ0) is 36.6. The predicted octanol–water partition coefficient (Wildman–Crippen LogP) is 7.81. The third kappa shape index (κ3) is 5.99. The summed E-state index contributed by atoms with van der Waals surface area (Å²) in [7, 11) is -1.00. The highest BCUT2D eigenvalue weighted by atomic mass is 32.2. The van der Waals surface area contributed by atoms with E-state index in [-0.39, 0.29) is 27.2 Å². The number of hydrogen-bond donors (Lipinski definition) is 2. The molecule has 10 atom stereocenters. The van der Waals surface area contributed by atoms with Gasteiger partial charge in [-0.1, -0.05) is 59.8 Å². The Hall–Kier alpha value is -1.74. The first kappa shape index (κ1) is 37.6. The summed E-state index contributed by atoms with van der Waals surface area (Å²) in [5, 5.41) is 13.8. The van der Waals surface area contributed by atoms with Crippen molar-refractivity contribution in [2.75, 3.05) is 51.4 Å². The minimum absolute atomic E-state index is 0.00708. The number of nitrogens with one attached hydrogen (secondary N) is 1. The number of carbonyl (C=O) groups is 1. The standard InChI is InChI=1S/C43H66N2O5S/c1-29(28-50-7)32-14-19-43(44-22-23-45-24-26-51(48,49)27-25-45)21-20-41(5)34(37(32)43)12-13-36-40(4)17-15-33(30-8-10-31(11-9-30)38(46)47)39(2,3)35(40)16-18-42(36,41)6/h8-11,15,29,32,34-37,44H,12-14,16-28H2,1-7H3,(H,46,47)/t29?,32-,34+,35-,36+,37+,40-,41+,42+,43-/m0/s1. The first-order valence-electron chi connectivity index (χ1n) is 20.2. The molecule has 5 aliphatic carbocycles. The van der Waals surface area contributed by atoms with Crippen LogP contribution in [0.2, 0.25) is 0 Å². The van der Waals surface area contributed by atoms with E-state index in [0.717, 1.165) is 26.1 Å². The van der Waals surface area contributed by atoms with Crippen molar-refractivity contribution in [3.63, 3.8) is 0 Å². The lowest BCUT2D eigenvalue weighted by molar-refractivity contribution is -0.222. The van der Waals surface area contributed by atoms with Crippen molar-refractivity contribution in [1.82, 2.24) is 10.2 Å². The van der Waals surface area contributed by atoms with Crippen molar-refractivity contribution in [3.05, 3.63) is 41.5 Å². The smallest absolute Gasteiger partial charge is 0.335 e. The number of carboxylic acid groups (broad SMARTS) is 1. The van der Waals surface area contributed by atoms with Crippen molar-refractivity contribution in [1.29, 1.82) is 0 Å². The molecular formula is C43H66N2O5S. The largest absolute Gasteiger partial charge is 0.478 e. The van der Waals surface area contributed by atoms with E-state index in [1.165, 1.54) is 62.5 Å². The van der Waals surface area contributed by atoms with Crippen LogP contribution in [0.1, 0.15) is 115 Å². The third-order valence-electron chi connectivity index (χ3n) is 17.0. The molecule has 7 rings (SSSR count). The molecule has 1 aliphatic heterocycles. The summed E-state index contributed by atoms with van der Waals surface area (Å²) in [6.07, 6.45) is 13.8. The number of carboxylic acids is 1. The number of sulfone groups is 1. The monoisotopic (exact) mass is 722 g/mol. The molecule has 284 valence electrons. The van der Waals surface area contributed by atoms with Gasteiger partial charge in [-0.05, 0) is 138 Å². The lowest BCUT2D eigenvalue weighted by atomic mass is 9.33. The zero-order valence-corrected chi connectivity index (χ0v) is 33.4. The van der Waals surface area contributed by atoms with Crippen LogP contribution in [0.15, 0.2) is 30.3 Å². The number of fused-ring (bicyclic) bond motifs is 7. The molecule has 1 aromatic carbocycles. The molecule has 1 saturated heterocycles. The van der Waals surface area contributed by atoms with Gasteiger partial charge >= 0.3 is 5.97 Å². The highest BCUT2D eigenvalue weighted by molar-refractivity contribution is 7.91. The molecule has 7 nitrogen and oxygen atoms in total. The number of methoxy groups -OCH3 is 1. The average Bonchev–Trinajstić information content (AvgIpc) is 3.46. The van der Waals surface area contributed by atoms with Crippen molar-refractivity contribution in [3.8, 4) is 0 Å². The van der Waals surface area contributed by atoms with Gasteiger partial charge in [0.15, 0.2) is 9.84 Å². The van der Waals surface area contributed by atoms with Crippen molar-refractivity contribution in [2.24, 2.45) is 57.2 Å². The fourth-order valence-electron chi connectivity index (χ4n) is 14.3. The number of benzene rings is 1. The summed E-state index contributed by atoms with van der Waals surface area (Å²) in [6, 6.07) is 7.59. The van der Waals surface area contributed by atoms with Gasteiger partial charge in [0.25, 0.3) is 0 Å². The molecule has 2 N–H and O–H groups in total. The van der Waals surface area contributed by atoms with Crippen LogP contribution in [0.25, 0.3) is 5.57 Å². The van der Waals surface area contributed by atoms with E-state index in [1.54, 1.807) is 12.1 Å². The topological polar surface area (TPSA) is 95.9 Å². The van der Waals surface area contributed by atoms with Gasteiger partial charge in [-0.3, -0.25) is 0 Å². The fraction of sp³-hybridized carbons (Fsp3) is 0.791. The SMILES string of the molecule is COCC(C)[C@@H]1CC[C@]2(NCCN3CCS(=O)(=O)CC3)CC[C@]3(C)[C@H](CC[C@@H]4[C@@]5(C)CC=C(c6ccc(C(=O)O)cc6)C(C)(C)[C@@H]5CC[C@]43C)[C@@H]12. The van der Waals surface area contributed by atoms with Crippen LogP contribution >= 0.6 is 0 Å². The molecule has 5 fully saturated rings. The van der Waals surface area contributed by atoms with Crippen LogP contribution in [-0.2, 0) is 14.6 Å². The van der Waals surface area contributed by atoms with Gasteiger partial charge in [0.05, 0.1) is 17.1 Å². The average molecular weight is 723 g/mol. The van der Waals surface area contributed by atoms with Gasteiger partial charge in [0.2, 0.25) is 0 Å². The van der Waals surface area contributed by atoms with E-state index in [0.29, 0.717) is 65.7 Å². The summed E-state index contributed by atoms with van der Waals surface area (Å²) in [4.78, 5) is 13.9. The van der Waals surface area contributed by atoms with Crippen LogP contribution in [0.4, 0.5) is 0 Å². The second-order valence-electron chi connectivity index (χ2n) is 19.3. The third-order valence-corrected chi connectivity index (χ3v) is 18.6. The molecule has 0 aromatic heterocycles.